The van der Waals surface area contributed by atoms with Gasteiger partial charge in [0.05, 0.1) is 22.8 Å². The molecule has 2 aromatic rings. The summed E-state index contributed by atoms with van der Waals surface area (Å²) >= 11 is 23.1. The van der Waals surface area contributed by atoms with E-state index in [-0.39, 0.29) is 24.7 Å². The second kappa shape index (κ2) is 16.2. The van der Waals surface area contributed by atoms with Crippen LogP contribution in [-0.4, -0.2) is 71.9 Å². The second-order valence-corrected chi connectivity index (χ2v) is 9.54. The zero-order valence-electron chi connectivity index (χ0n) is 20.0. The number of carbonyl (C=O) groups is 2. The van der Waals surface area contributed by atoms with Crippen LogP contribution in [0.1, 0.15) is 19.8 Å². The van der Waals surface area contributed by atoms with Gasteiger partial charge in [-0.1, -0.05) is 46.4 Å². The normalized spacial score (nSPS) is 19.5. The predicted octanol–water partition coefficient (Wildman–Crippen LogP) is 4.59. The van der Waals surface area contributed by atoms with Crippen molar-refractivity contribution in [3.8, 4) is 11.5 Å². The molecule has 3 N–H and O–H groups in total. The zero-order chi connectivity index (χ0) is 28.2. The lowest BCUT2D eigenvalue weighted by Gasteiger charge is -2.32. The maximum atomic E-state index is 11.9. The van der Waals surface area contributed by atoms with Crippen LogP contribution in [0.15, 0.2) is 36.4 Å². The number of carbonyl (C=O) groups excluding carboxylic acids is 1. The number of aliphatic carboxylic acids is 1. The highest BCUT2D eigenvalue weighted by Crippen LogP contribution is 2.28. The van der Waals surface area contributed by atoms with Crippen molar-refractivity contribution in [1.29, 1.82) is 0 Å². The number of hydrogen-bond acceptors (Lipinski definition) is 9. The number of carboxylic acids is 1. The Hall–Kier alpha value is -2.02. The van der Waals surface area contributed by atoms with Gasteiger partial charge in [-0.3, -0.25) is 0 Å². The van der Waals surface area contributed by atoms with Crippen molar-refractivity contribution in [3.63, 3.8) is 0 Å². The fourth-order valence-corrected chi connectivity index (χ4v) is 4.00. The average molecular weight is 616 g/mol. The van der Waals surface area contributed by atoms with E-state index >= 15 is 0 Å². The predicted molar refractivity (Wildman–Crippen MR) is 139 cm³/mol. The SMILES string of the molecule is CC(O)OCC1CC(OC(=O)COc2ccc(Cl)cc2Cl)CC(O)O1.O=C(O)COc1ccc(Cl)cc1Cl. The first kappa shape index (κ1) is 32.2. The van der Waals surface area contributed by atoms with Crippen molar-refractivity contribution in [2.45, 2.75) is 44.6 Å². The van der Waals surface area contributed by atoms with Crippen molar-refractivity contribution in [2.75, 3.05) is 19.8 Å². The van der Waals surface area contributed by atoms with Crippen molar-refractivity contribution < 1.29 is 48.6 Å². The van der Waals surface area contributed by atoms with Crippen LogP contribution in [0.4, 0.5) is 0 Å². The molecular formula is C24H26Cl4O10. The topological polar surface area (TPSA) is 141 Å². The number of rotatable bonds is 10. The fourth-order valence-electron chi connectivity index (χ4n) is 3.08. The Morgan fingerprint density at radius 2 is 1.53 bits per heavy atom. The van der Waals surface area contributed by atoms with E-state index in [0.29, 0.717) is 33.0 Å². The third-order valence-corrected chi connectivity index (χ3v) is 5.71. The maximum Gasteiger partial charge on any atom is 0.344 e. The number of aliphatic hydroxyl groups excluding tert-OH is 2. The van der Waals surface area contributed by atoms with Gasteiger partial charge in [0.25, 0.3) is 0 Å². The molecule has 1 heterocycles. The number of ether oxygens (including phenoxy) is 5. The number of halogens is 4. The quantitative estimate of drug-likeness (QED) is 0.257. The van der Waals surface area contributed by atoms with E-state index in [4.69, 9.17) is 80.3 Å². The maximum absolute atomic E-state index is 11.9. The molecular weight excluding hydrogens is 590 g/mol. The van der Waals surface area contributed by atoms with Gasteiger partial charge in [-0.25, -0.2) is 9.59 Å². The number of benzene rings is 2. The average Bonchev–Trinajstić information content (AvgIpc) is 2.81. The van der Waals surface area contributed by atoms with Gasteiger partial charge in [0.2, 0.25) is 0 Å². The molecule has 0 saturated carbocycles. The van der Waals surface area contributed by atoms with Gasteiger partial charge in [0.1, 0.15) is 17.6 Å². The van der Waals surface area contributed by atoms with Gasteiger partial charge in [0.15, 0.2) is 25.8 Å². The molecule has 1 saturated heterocycles. The molecule has 4 atom stereocenters. The second-order valence-electron chi connectivity index (χ2n) is 7.85. The van der Waals surface area contributed by atoms with Crippen LogP contribution < -0.4 is 9.47 Å². The first-order valence-electron chi connectivity index (χ1n) is 11.1. The lowest BCUT2D eigenvalue weighted by atomic mass is 10.1. The smallest absolute Gasteiger partial charge is 0.344 e. The molecule has 1 aliphatic rings. The monoisotopic (exact) mass is 614 g/mol. The zero-order valence-corrected chi connectivity index (χ0v) is 23.0. The van der Waals surface area contributed by atoms with E-state index in [1.165, 1.54) is 25.1 Å². The van der Waals surface area contributed by atoms with E-state index in [1.807, 2.05) is 0 Å². The van der Waals surface area contributed by atoms with Gasteiger partial charge in [-0.15, -0.1) is 0 Å². The summed E-state index contributed by atoms with van der Waals surface area (Å²) < 4.78 is 25.8. The van der Waals surface area contributed by atoms with Gasteiger partial charge in [-0.2, -0.15) is 0 Å². The molecule has 3 rings (SSSR count). The van der Waals surface area contributed by atoms with Gasteiger partial charge in [0, 0.05) is 22.9 Å². The Morgan fingerprint density at radius 1 is 0.974 bits per heavy atom. The summed E-state index contributed by atoms with van der Waals surface area (Å²) in [7, 11) is 0. The van der Waals surface area contributed by atoms with E-state index in [0.717, 1.165) is 0 Å². The molecule has 10 nitrogen and oxygen atoms in total. The summed E-state index contributed by atoms with van der Waals surface area (Å²) in [5.74, 6) is -1.02. The molecule has 0 aromatic heterocycles. The first-order valence-corrected chi connectivity index (χ1v) is 12.6. The summed E-state index contributed by atoms with van der Waals surface area (Å²) in [5, 5.41) is 28.7. The summed E-state index contributed by atoms with van der Waals surface area (Å²) in [6.07, 6.45) is -2.54. The summed E-state index contributed by atoms with van der Waals surface area (Å²) in [6.45, 7) is 0.806. The first-order chi connectivity index (χ1) is 17.9. The van der Waals surface area contributed by atoms with Crippen molar-refractivity contribution >= 4 is 58.3 Å². The number of aliphatic hydroxyl groups is 2. The molecule has 1 fully saturated rings. The molecule has 14 heteroatoms. The van der Waals surface area contributed by atoms with Crippen LogP contribution in [0.25, 0.3) is 0 Å². The minimum Gasteiger partial charge on any atom is -0.480 e. The van der Waals surface area contributed by atoms with Crippen LogP contribution in [0.5, 0.6) is 11.5 Å². The molecule has 0 spiro atoms. The van der Waals surface area contributed by atoms with Crippen LogP contribution in [0.3, 0.4) is 0 Å². The van der Waals surface area contributed by atoms with Gasteiger partial charge >= 0.3 is 11.9 Å². The molecule has 0 amide bonds. The van der Waals surface area contributed by atoms with Crippen molar-refractivity contribution in [1.82, 2.24) is 0 Å². The Labute approximate surface area is 238 Å². The van der Waals surface area contributed by atoms with Crippen LogP contribution in [0, 0.1) is 0 Å². The van der Waals surface area contributed by atoms with Crippen LogP contribution in [-0.2, 0) is 23.8 Å². The standard InChI is InChI=1S/C16H20Cl2O7.C8H6Cl2O3/c1-9(19)22-7-12-5-11(6-15(20)25-12)24-16(21)8-23-14-3-2-10(17)4-13(14)18;9-5-1-2-7(6(10)3-5)13-4-8(11)12/h2-4,9,11-12,15,19-20H,5-8H2,1H3;1-3H,4H2,(H,11,12). The lowest BCUT2D eigenvalue weighted by molar-refractivity contribution is -0.221. The summed E-state index contributed by atoms with van der Waals surface area (Å²) in [5.41, 5.74) is 0. The molecule has 38 heavy (non-hydrogen) atoms. The Morgan fingerprint density at radius 3 is 2.03 bits per heavy atom. The highest BCUT2D eigenvalue weighted by molar-refractivity contribution is 6.36. The Bertz CT molecular complexity index is 1070. The molecule has 1 aliphatic heterocycles. The van der Waals surface area contributed by atoms with E-state index in [9.17, 15) is 14.7 Å². The molecule has 0 aliphatic carbocycles. The summed E-state index contributed by atoms with van der Waals surface area (Å²) in [4.78, 5) is 22.1. The van der Waals surface area contributed by atoms with Crippen molar-refractivity contribution in [3.05, 3.63) is 56.5 Å². The van der Waals surface area contributed by atoms with Crippen LogP contribution >= 0.6 is 46.4 Å². The Balaban J connectivity index is 0.000000328. The van der Waals surface area contributed by atoms with E-state index < -0.39 is 43.3 Å². The highest BCUT2D eigenvalue weighted by atomic mass is 35.5. The van der Waals surface area contributed by atoms with Crippen molar-refractivity contribution in [2.24, 2.45) is 0 Å². The molecule has 210 valence electrons. The molecule has 2 aromatic carbocycles. The highest BCUT2D eigenvalue weighted by Gasteiger charge is 2.31. The number of carboxylic acid groups (broad SMARTS) is 1. The number of esters is 1. The fraction of sp³-hybridized carbons (Fsp3) is 0.417. The molecule has 0 radical (unpaired) electrons. The van der Waals surface area contributed by atoms with E-state index in [1.54, 1.807) is 18.2 Å². The van der Waals surface area contributed by atoms with Crippen LogP contribution in [0.2, 0.25) is 20.1 Å². The molecule has 4 unspecified atom stereocenters. The summed E-state index contributed by atoms with van der Waals surface area (Å²) in [6, 6.07) is 9.24. The molecule has 0 bridgehead atoms. The largest absolute Gasteiger partial charge is 0.480 e. The third kappa shape index (κ3) is 12.2. The number of hydrogen-bond donors (Lipinski definition) is 3. The minimum absolute atomic E-state index is 0.0830. The van der Waals surface area contributed by atoms with E-state index in [2.05, 4.69) is 0 Å². The van der Waals surface area contributed by atoms with Gasteiger partial charge in [-0.05, 0) is 43.3 Å². The lowest BCUT2D eigenvalue weighted by Crippen LogP contribution is -2.41. The minimum atomic E-state index is -1.07. The Kier molecular flexibility index (Phi) is 13.7. The van der Waals surface area contributed by atoms with Gasteiger partial charge < -0.3 is 39.0 Å². The third-order valence-electron chi connectivity index (χ3n) is 4.65.